The van der Waals surface area contributed by atoms with Crippen molar-refractivity contribution < 1.29 is 14.6 Å². The largest absolute Gasteiger partial charge is 0.493 e. The highest BCUT2D eigenvalue weighted by Gasteiger charge is 2.09. The lowest BCUT2D eigenvalue weighted by Crippen LogP contribution is -2.11. The molecule has 0 spiro atoms. The van der Waals surface area contributed by atoms with E-state index in [-0.39, 0.29) is 6.10 Å². The molecule has 2 rings (SSSR count). The Labute approximate surface area is 126 Å². The van der Waals surface area contributed by atoms with Crippen LogP contribution in [0.2, 0.25) is 0 Å². The van der Waals surface area contributed by atoms with E-state index in [9.17, 15) is 5.11 Å². The van der Waals surface area contributed by atoms with Gasteiger partial charge < -0.3 is 14.6 Å². The summed E-state index contributed by atoms with van der Waals surface area (Å²) in [5.74, 6) is 1.41. The van der Waals surface area contributed by atoms with E-state index in [1.807, 2.05) is 36.4 Å². The first-order valence-corrected chi connectivity index (χ1v) is 7.16. The Morgan fingerprint density at radius 1 is 0.905 bits per heavy atom. The lowest BCUT2D eigenvalue weighted by Gasteiger charge is -2.13. The molecule has 0 aromatic heterocycles. The monoisotopic (exact) mass is 286 g/mol. The Balaban J connectivity index is 1.91. The summed E-state index contributed by atoms with van der Waals surface area (Å²) in [7, 11) is 3.24. The fourth-order valence-electron chi connectivity index (χ4n) is 2.36. The first-order valence-electron chi connectivity index (χ1n) is 7.16. The molecule has 0 aliphatic carbocycles. The molecule has 21 heavy (non-hydrogen) atoms. The number of methoxy groups -OCH3 is 2. The zero-order chi connectivity index (χ0) is 15.1. The molecule has 1 unspecified atom stereocenters. The van der Waals surface area contributed by atoms with E-state index in [4.69, 9.17) is 9.47 Å². The van der Waals surface area contributed by atoms with Gasteiger partial charge in [0, 0.05) is 0 Å². The van der Waals surface area contributed by atoms with Gasteiger partial charge in [0.1, 0.15) is 0 Å². The number of rotatable bonds is 7. The van der Waals surface area contributed by atoms with Crippen molar-refractivity contribution in [3.05, 3.63) is 59.7 Å². The number of hydrogen-bond acceptors (Lipinski definition) is 3. The highest BCUT2D eigenvalue weighted by Crippen LogP contribution is 2.28. The zero-order valence-electron chi connectivity index (χ0n) is 12.6. The summed E-state index contributed by atoms with van der Waals surface area (Å²) in [6.07, 6.45) is 1.89. The predicted molar refractivity (Wildman–Crippen MR) is 84.0 cm³/mol. The Morgan fingerprint density at radius 3 is 2.29 bits per heavy atom. The van der Waals surface area contributed by atoms with Crippen molar-refractivity contribution in [1.29, 1.82) is 0 Å². The van der Waals surface area contributed by atoms with Crippen LogP contribution in [0, 0.1) is 0 Å². The highest BCUT2D eigenvalue weighted by atomic mass is 16.5. The zero-order valence-corrected chi connectivity index (χ0v) is 12.6. The lowest BCUT2D eigenvalue weighted by atomic mass is 10.0. The van der Waals surface area contributed by atoms with Gasteiger partial charge in [0.2, 0.25) is 0 Å². The van der Waals surface area contributed by atoms with Crippen molar-refractivity contribution in [2.45, 2.75) is 25.4 Å². The minimum absolute atomic E-state index is 0.358. The average Bonchev–Trinajstić information content (AvgIpc) is 2.53. The number of benzene rings is 2. The first kappa shape index (κ1) is 15.4. The van der Waals surface area contributed by atoms with Crippen molar-refractivity contribution >= 4 is 0 Å². The molecule has 0 fully saturated rings. The number of hydrogen-bond donors (Lipinski definition) is 1. The van der Waals surface area contributed by atoms with Crippen molar-refractivity contribution in [2.24, 2.45) is 0 Å². The normalized spacial score (nSPS) is 12.0. The van der Waals surface area contributed by atoms with Crippen LogP contribution in [0.1, 0.15) is 17.5 Å². The van der Waals surface area contributed by atoms with E-state index in [2.05, 4.69) is 12.1 Å². The van der Waals surface area contributed by atoms with Crippen LogP contribution in [0.25, 0.3) is 0 Å². The molecule has 2 aromatic rings. The molecule has 0 amide bonds. The molecule has 0 saturated carbocycles. The van der Waals surface area contributed by atoms with Gasteiger partial charge in [-0.05, 0) is 42.5 Å². The van der Waals surface area contributed by atoms with Crippen molar-refractivity contribution in [2.75, 3.05) is 14.2 Å². The van der Waals surface area contributed by atoms with Crippen LogP contribution in [0.3, 0.4) is 0 Å². The maximum atomic E-state index is 10.2. The second kappa shape index (κ2) is 7.70. The van der Waals surface area contributed by atoms with Gasteiger partial charge in [0.05, 0.1) is 20.3 Å². The molecule has 3 heteroatoms. The fourth-order valence-corrected chi connectivity index (χ4v) is 2.36. The molecule has 0 aliphatic heterocycles. The van der Waals surface area contributed by atoms with Crippen molar-refractivity contribution in [3.63, 3.8) is 0 Å². The van der Waals surface area contributed by atoms with Gasteiger partial charge >= 0.3 is 0 Å². The third-order valence-corrected chi connectivity index (χ3v) is 3.53. The minimum Gasteiger partial charge on any atom is -0.493 e. The fraction of sp³-hybridized carbons (Fsp3) is 0.333. The third-order valence-electron chi connectivity index (χ3n) is 3.53. The van der Waals surface area contributed by atoms with E-state index in [0.29, 0.717) is 17.9 Å². The van der Waals surface area contributed by atoms with Crippen LogP contribution < -0.4 is 9.47 Å². The molecule has 0 heterocycles. The van der Waals surface area contributed by atoms with Crippen LogP contribution in [-0.4, -0.2) is 25.4 Å². The molecule has 112 valence electrons. The molecule has 1 atom stereocenters. The highest BCUT2D eigenvalue weighted by molar-refractivity contribution is 5.43. The summed E-state index contributed by atoms with van der Waals surface area (Å²) < 4.78 is 10.5. The van der Waals surface area contributed by atoms with Gasteiger partial charge in [-0.15, -0.1) is 0 Å². The number of aliphatic hydroxyl groups excluding tert-OH is 1. The van der Waals surface area contributed by atoms with E-state index in [1.165, 1.54) is 5.56 Å². The second-order valence-corrected chi connectivity index (χ2v) is 5.07. The molecule has 3 nitrogen and oxygen atoms in total. The van der Waals surface area contributed by atoms with Crippen LogP contribution in [0.5, 0.6) is 11.5 Å². The molecule has 2 aromatic carbocycles. The summed E-state index contributed by atoms with van der Waals surface area (Å²) in [5, 5.41) is 10.2. The van der Waals surface area contributed by atoms with E-state index < -0.39 is 0 Å². The third kappa shape index (κ3) is 4.50. The molecule has 0 bridgehead atoms. The maximum Gasteiger partial charge on any atom is 0.160 e. The summed E-state index contributed by atoms with van der Waals surface area (Å²) >= 11 is 0. The van der Waals surface area contributed by atoms with E-state index >= 15 is 0 Å². The van der Waals surface area contributed by atoms with Crippen LogP contribution in [-0.2, 0) is 12.8 Å². The number of ether oxygens (including phenoxy) is 2. The van der Waals surface area contributed by atoms with Crippen LogP contribution in [0.4, 0.5) is 0 Å². The van der Waals surface area contributed by atoms with E-state index in [0.717, 1.165) is 18.4 Å². The standard InChI is InChI=1S/C18H22O3/c1-20-17-11-9-15(13-18(17)21-2)12-16(19)10-8-14-6-4-3-5-7-14/h3-7,9,11,13,16,19H,8,10,12H2,1-2H3. The SMILES string of the molecule is COc1ccc(CC(O)CCc2ccccc2)cc1OC. The van der Waals surface area contributed by atoms with Crippen molar-refractivity contribution in [3.8, 4) is 11.5 Å². The second-order valence-electron chi connectivity index (χ2n) is 5.07. The lowest BCUT2D eigenvalue weighted by molar-refractivity contribution is 0.165. The molecule has 0 radical (unpaired) electrons. The van der Waals surface area contributed by atoms with Crippen molar-refractivity contribution in [1.82, 2.24) is 0 Å². The molecule has 1 N–H and O–H groups in total. The minimum atomic E-state index is -0.358. The van der Waals surface area contributed by atoms with Crippen LogP contribution >= 0.6 is 0 Å². The molecular formula is C18H22O3. The number of aliphatic hydroxyl groups is 1. The van der Waals surface area contributed by atoms with Gasteiger partial charge in [-0.1, -0.05) is 36.4 Å². The molecule has 0 aliphatic rings. The first-order chi connectivity index (χ1) is 10.2. The summed E-state index contributed by atoms with van der Waals surface area (Å²) in [4.78, 5) is 0. The van der Waals surface area contributed by atoms with Gasteiger partial charge in [-0.25, -0.2) is 0 Å². The molecular weight excluding hydrogens is 264 g/mol. The Kier molecular flexibility index (Phi) is 5.64. The van der Waals surface area contributed by atoms with E-state index in [1.54, 1.807) is 14.2 Å². The maximum absolute atomic E-state index is 10.2. The summed E-state index contributed by atoms with van der Waals surface area (Å²) in [6, 6.07) is 16.0. The van der Waals surface area contributed by atoms with Gasteiger partial charge in [-0.3, -0.25) is 0 Å². The van der Waals surface area contributed by atoms with Gasteiger partial charge in [0.25, 0.3) is 0 Å². The summed E-state index contributed by atoms with van der Waals surface area (Å²) in [6.45, 7) is 0. The topological polar surface area (TPSA) is 38.7 Å². The quantitative estimate of drug-likeness (QED) is 0.849. The van der Waals surface area contributed by atoms with Crippen LogP contribution in [0.15, 0.2) is 48.5 Å². The Morgan fingerprint density at radius 2 is 1.62 bits per heavy atom. The summed E-state index contributed by atoms with van der Waals surface area (Å²) in [5.41, 5.74) is 2.30. The Bertz CT molecular complexity index is 552. The smallest absolute Gasteiger partial charge is 0.160 e. The average molecular weight is 286 g/mol. The molecule has 0 saturated heterocycles. The predicted octanol–water partition coefficient (Wildman–Crippen LogP) is 3.24. The van der Waals surface area contributed by atoms with Gasteiger partial charge in [-0.2, -0.15) is 0 Å². The number of aryl methyl sites for hydroxylation is 1. The van der Waals surface area contributed by atoms with Gasteiger partial charge in [0.15, 0.2) is 11.5 Å². The Hall–Kier alpha value is -2.00.